The van der Waals surface area contributed by atoms with Crippen molar-refractivity contribution in [3.63, 3.8) is 0 Å². The summed E-state index contributed by atoms with van der Waals surface area (Å²) in [6.45, 7) is 0. The smallest absolute Gasteiger partial charge is 2.00 e. The summed E-state index contributed by atoms with van der Waals surface area (Å²) in [4.78, 5) is 0. The molecule has 0 aromatic carbocycles. The fraction of sp³-hybridized carbons (Fsp3) is 0. The Morgan fingerprint density at radius 3 is 0.600 bits per heavy atom. The molecule has 0 aromatic rings. The minimum Gasteiger partial charge on any atom is 2.00 e. The molecule has 0 N–H and O–H groups in total. The van der Waals surface area contributed by atoms with Crippen LogP contribution in [0.5, 0.6) is 0 Å². The molecule has 0 aliphatic rings. The predicted octanol–water partition coefficient (Wildman–Crippen LogP) is -1.98. The molecule has 0 unspecified atom stereocenters. The monoisotopic (exact) mass is 952 g/mol. The van der Waals surface area contributed by atoms with Gasteiger partial charge in [-0.15, -0.1) is 0 Å². The van der Waals surface area contributed by atoms with Crippen molar-refractivity contribution in [3.8, 4) is 0 Å². The molecule has 0 amide bonds. The number of rotatable bonds is 0. The molecule has 0 spiro atoms. The fourth-order valence-electron chi connectivity index (χ4n) is 0. The van der Waals surface area contributed by atoms with Gasteiger partial charge < -0.3 is 16.4 Å². The topological polar surface area (TPSA) is 154 Å². The number of hydrogen-bond acceptors (Lipinski definition) is 4. The Labute approximate surface area is 262 Å². The maximum atomic E-state index is 8.36. The van der Waals surface area contributed by atoms with Gasteiger partial charge in [-0.1, -0.05) is 0 Å². The van der Waals surface area contributed by atoms with E-state index in [-0.39, 0.29) is 209 Å². The van der Waals surface area contributed by atoms with Crippen LogP contribution in [-0.2, 0) is 77.8 Å². The summed E-state index contributed by atoms with van der Waals surface area (Å²) in [5.74, 6) is 0. The molecular formula is BiCeCo3LaO7Sr2+5. The van der Waals surface area contributed by atoms with Crippen LogP contribution in [0, 0.1) is 77.3 Å². The van der Waals surface area contributed by atoms with E-state index >= 15 is 0 Å². The first-order valence-corrected chi connectivity index (χ1v) is 3.29. The maximum absolute atomic E-state index is 8.36. The second kappa shape index (κ2) is 171. The molecule has 15 heavy (non-hydrogen) atoms. The molecule has 15 heteroatoms. The van der Waals surface area contributed by atoms with Gasteiger partial charge in [0.1, 0.15) is 0 Å². The third-order valence-electron chi connectivity index (χ3n) is 0. The molecule has 0 heterocycles. The first-order chi connectivity index (χ1) is 4.00. The van der Waals surface area contributed by atoms with E-state index in [0.717, 1.165) is 0 Å². The second-order valence-corrected chi connectivity index (χ2v) is 0. The molecule has 0 saturated heterocycles. The summed E-state index contributed by atoms with van der Waals surface area (Å²) in [6.07, 6.45) is 0. The van der Waals surface area contributed by atoms with Crippen molar-refractivity contribution in [1.82, 2.24) is 0 Å². The van der Waals surface area contributed by atoms with Crippen LogP contribution in [0.15, 0.2) is 0 Å². The van der Waals surface area contributed by atoms with Gasteiger partial charge >= 0.3 is 254 Å². The average molecular weight is 952 g/mol. The minimum absolute atomic E-state index is 0. The SMILES string of the molecule is [Ce+3].[La+3].[O-2].[O-2].[O-2].[O]=[Bi+].[O]=[Co].[O]=[Co].[O]=[Co].[Sr+2].[Sr+2]. The van der Waals surface area contributed by atoms with Crippen LogP contribution in [0.3, 0.4) is 0 Å². The largest absolute Gasteiger partial charge is 2.00 e. The van der Waals surface area contributed by atoms with E-state index in [1.54, 1.807) is 0 Å². The van der Waals surface area contributed by atoms with Gasteiger partial charge in [-0.2, -0.15) is 0 Å². The summed E-state index contributed by atoms with van der Waals surface area (Å²) in [5.41, 5.74) is 0. The van der Waals surface area contributed by atoms with Gasteiger partial charge in [-0.25, -0.2) is 0 Å². The van der Waals surface area contributed by atoms with Crippen molar-refractivity contribution < 1.29 is 155 Å². The van der Waals surface area contributed by atoms with Gasteiger partial charge in [0, 0.05) is 0 Å². The van der Waals surface area contributed by atoms with Crippen LogP contribution in [0.1, 0.15) is 0 Å². The van der Waals surface area contributed by atoms with E-state index in [1.807, 2.05) is 0 Å². The Kier molecular flexibility index (Phi) is 914. The van der Waals surface area contributed by atoms with Crippen molar-refractivity contribution in [1.29, 1.82) is 0 Å². The van der Waals surface area contributed by atoms with E-state index in [9.17, 15) is 0 Å². The van der Waals surface area contributed by atoms with E-state index in [1.165, 1.54) is 0 Å². The Hall–Kier alpha value is 7.02. The number of hydrogen-bond donors (Lipinski definition) is 0. The van der Waals surface area contributed by atoms with Crippen molar-refractivity contribution in [3.05, 3.63) is 0 Å². The van der Waals surface area contributed by atoms with Crippen LogP contribution >= 0.6 is 0 Å². The standard InChI is InChI=1S/Bi.Ce.3Co.La.7O.2Sr/q+1;+3;;;;+3;;;;;3*-2;2*+2. The summed E-state index contributed by atoms with van der Waals surface area (Å²) in [5, 5.41) is 0. The molecule has 0 saturated carbocycles. The molecule has 3 radical (unpaired) electrons. The molecule has 0 aliphatic heterocycles. The first kappa shape index (κ1) is 80.1. The van der Waals surface area contributed by atoms with Crippen LogP contribution < -0.4 is 0 Å². The molecule has 0 atom stereocenters. The van der Waals surface area contributed by atoms with Crippen LogP contribution in [0.2, 0.25) is 0 Å². The molecular weight excluding hydrogens is 952 g/mol. The van der Waals surface area contributed by atoms with E-state index < -0.39 is 0 Å². The first-order valence-electron chi connectivity index (χ1n) is 0.591. The van der Waals surface area contributed by atoms with Gasteiger partial charge in [-0.05, 0) is 0 Å². The molecule has 80 valence electrons. The van der Waals surface area contributed by atoms with Crippen molar-refractivity contribution >= 4 is 116 Å². The predicted molar refractivity (Wildman–Crippen MR) is 22.1 cm³/mol. The molecule has 0 fully saturated rings. The van der Waals surface area contributed by atoms with Crippen LogP contribution in [0.25, 0.3) is 0 Å². The van der Waals surface area contributed by atoms with Crippen molar-refractivity contribution in [2.75, 3.05) is 0 Å². The summed E-state index contributed by atoms with van der Waals surface area (Å²) < 4.78 is 32.2. The van der Waals surface area contributed by atoms with Crippen LogP contribution in [0.4, 0.5) is 0 Å². The van der Waals surface area contributed by atoms with E-state index in [0.29, 0.717) is 0 Å². The van der Waals surface area contributed by atoms with Crippen LogP contribution in [-0.4, -0.2) is 116 Å². The molecule has 0 aliphatic carbocycles. The summed E-state index contributed by atoms with van der Waals surface area (Å²) >= 11 is 7.13. The fourth-order valence-corrected chi connectivity index (χ4v) is 0. The molecule has 0 bridgehead atoms. The minimum atomic E-state index is 0. The Morgan fingerprint density at radius 2 is 0.600 bits per heavy atom. The summed E-state index contributed by atoms with van der Waals surface area (Å²) in [7, 11) is 0. The summed E-state index contributed by atoms with van der Waals surface area (Å²) in [6, 6.07) is 0. The third kappa shape index (κ3) is 154. The Morgan fingerprint density at radius 1 is 0.600 bits per heavy atom. The molecule has 0 rings (SSSR count). The second-order valence-electron chi connectivity index (χ2n) is 0. The third-order valence-corrected chi connectivity index (χ3v) is 0. The molecule has 0 aromatic heterocycles. The zero-order valence-corrected chi connectivity index (χ0v) is 27.1. The van der Waals surface area contributed by atoms with Crippen molar-refractivity contribution in [2.24, 2.45) is 0 Å². The Balaban J connectivity index is -0.00000000137. The van der Waals surface area contributed by atoms with Crippen molar-refractivity contribution in [2.45, 2.75) is 0 Å². The van der Waals surface area contributed by atoms with Gasteiger partial charge in [0.25, 0.3) is 0 Å². The van der Waals surface area contributed by atoms with Gasteiger partial charge in [0.15, 0.2) is 0 Å². The van der Waals surface area contributed by atoms with E-state index in [4.69, 9.17) is 14.4 Å². The van der Waals surface area contributed by atoms with E-state index in [2.05, 4.69) is 47.0 Å². The quantitative estimate of drug-likeness (QED) is 0.259. The van der Waals surface area contributed by atoms with Gasteiger partial charge in [-0.3, -0.25) is 0 Å². The average Bonchev–Trinajstić information content (AvgIpc) is 2.03. The maximum Gasteiger partial charge on any atom is 2.00 e. The zero-order valence-electron chi connectivity index (χ0n) is 6.80. The van der Waals surface area contributed by atoms with Gasteiger partial charge in [0.2, 0.25) is 0 Å². The normalized spacial score (nSPS) is 1.27. The Bertz CT molecular complexity index is 40.2. The zero-order chi connectivity index (χ0) is 8.00. The van der Waals surface area contributed by atoms with Gasteiger partial charge in [0.05, 0.1) is 0 Å². The molecule has 7 nitrogen and oxygen atoms in total.